The van der Waals surface area contributed by atoms with Gasteiger partial charge in [-0.1, -0.05) is 54.6 Å². The molecule has 1 unspecified atom stereocenters. The SMILES string of the molecule is Cc1ccccc1N1C(=O)C(O)=C(C(=O)c2cc3ccccc3o2)C1c1c[nH]c2ccccc12. The van der Waals surface area contributed by atoms with E-state index in [9.17, 15) is 14.7 Å². The zero-order valence-electron chi connectivity index (χ0n) is 18.3. The van der Waals surface area contributed by atoms with Crippen molar-refractivity contribution in [2.45, 2.75) is 13.0 Å². The van der Waals surface area contributed by atoms with Crippen LogP contribution in [0.2, 0.25) is 0 Å². The minimum atomic E-state index is -0.828. The molecular weight excluding hydrogens is 428 g/mol. The third-order valence-electron chi connectivity index (χ3n) is 6.39. The minimum absolute atomic E-state index is 0.00272. The van der Waals surface area contributed by atoms with Gasteiger partial charge < -0.3 is 14.5 Å². The number of carbonyl (C=O) groups is 2. The molecule has 1 atom stereocenters. The van der Waals surface area contributed by atoms with Gasteiger partial charge in [-0.05, 0) is 36.8 Å². The third kappa shape index (κ3) is 2.89. The van der Waals surface area contributed by atoms with Crippen LogP contribution >= 0.6 is 0 Å². The fraction of sp³-hybridized carbons (Fsp3) is 0.0714. The number of aryl methyl sites for hydroxylation is 1. The van der Waals surface area contributed by atoms with Crippen LogP contribution in [0, 0.1) is 6.92 Å². The Kier molecular flexibility index (Phi) is 4.42. The molecule has 3 heterocycles. The molecule has 2 aromatic heterocycles. The normalized spacial score (nSPS) is 16.2. The van der Waals surface area contributed by atoms with Crippen molar-refractivity contribution in [3.63, 3.8) is 0 Å². The first-order valence-electron chi connectivity index (χ1n) is 11.0. The summed E-state index contributed by atoms with van der Waals surface area (Å²) >= 11 is 0. The number of para-hydroxylation sites is 3. The Morgan fingerprint density at radius 3 is 2.56 bits per heavy atom. The topological polar surface area (TPSA) is 86.5 Å². The van der Waals surface area contributed by atoms with Gasteiger partial charge in [0, 0.05) is 33.7 Å². The number of aliphatic hydroxyl groups excluding tert-OH is 1. The quantitative estimate of drug-likeness (QED) is 0.330. The fourth-order valence-corrected chi connectivity index (χ4v) is 4.76. The van der Waals surface area contributed by atoms with Gasteiger partial charge in [0.15, 0.2) is 11.5 Å². The van der Waals surface area contributed by atoms with Crippen LogP contribution in [0.1, 0.15) is 27.7 Å². The monoisotopic (exact) mass is 448 g/mol. The lowest BCUT2D eigenvalue weighted by molar-refractivity contribution is -0.117. The number of furan rings is 1. The van der Waals surface area contributed by atoms with Gasteiger partial charge in [0.2, 0.25) is 5.78 Å². The largest absolute Gasteiger partial charge is 0.503 e. The first kappa shape index (κ1) is 20.1. The minimum Gasteiger partial charge on any atom is -0.503 e. The number of rotatable bonds is 4. The van der Waals surface area contributed by atoms with Crippen molar-refractivity contribution >= 4 is 39.2 Å². The standard InChI is InChI=1S/C28H20N2O4/c1-16-8-2-6-12-21(16)30-25(19-15-29-20-11-5-4-10-18(19)20)24(27(32)28(30)33)26(31)23-14-17-9-3-7-13-22(17)34-23/h2-15,25,29,32H,1H3. The van der Waals surface area contributed by atoms with Crippen LogP contribution in [0.25, 0.3) is 21.9 Å². The van der Waals surface area contributed by atoms with E-state index in [1.807, 2.05) is 73.7 Å². The van der Waals surface area contributed by atoms with Crippen LogP contribution in [0.5, 0.6) is 0 Å². The predicted octanol–water partition coefficient (Wildman–Crippen LogP) is 6.01. The Morgan fingerprint density at radius 1 is 1.00 bits per heavy atom. The van der Waals surface area contributed by atoms with Crippen molar-refractivity contribution < 1.29 is 19.1 Å². The highest BCUT2D eigenvalue weighted by molar-refractivity contribution is 6.21. The lowest BCUT2D eigenvalue weighted by Crippen LogP contribution is -2.31. The number of anilines is 1. The second kappa shape index (κ2) is 7.49. The van der Waals surface area contributed by atoms with Crippen LogP contribution < -0.4 is 4.90 Å². The molecule has 6 nitrogen and oxygen atoms in total. The highest BCUT2D eigenvalue weighted by Gasteiger charge is 2.46. The molecule has 0 bridgehead atoms. The Hall–Kier alpha value is -4.58. The van der Waals surface area contributed by atoms with Crippen LogP contribution in [-0.4, -0.2) is 21.8 Å². The number of H-pyrrole nitrogens is 1. The summed E-state index contributed by atoms with van der Waals surface area (Å²) in [5.74, 6) is -1.63. The maximum Gasteiger partial charge on any atom is 0.294 e. The highest BCUT2D eigenvalue weighted by atomic mass is 16.3. The van der Waals surface area contributed by atoms with Gasteiger partial charge in [0.05, 0.1) is 11.6 Å². The van der Waals surface area contributed by atoms with Crippen molar-refractivity contribution in [2.24, 2.45) is 0 Å². The predicted molar refractivity (Wildman–Crippen MR) is 130 cm³/mol. The number of amides is 1. The molecule has 0 spiro atoms. The third-order valence-corrected chi connectivity index (χ3v) is 6.39. The number of aliphatic hydroxyl groups is 1. The lowest BCUT2D eigenvalue weighted by atomic mass is 9.94. The van der Waals surface area contributed by atoms with Gasteiger partial charge in [-0.25, -0.2) is 0 Å². The number of carbonyl (C=O) groups excluding carboxylic acids is 2. The molecule has 0 saturated heterocycles. The second-order valence-electron chi connectivity index (χ2n) is 8.39. The molecule has 34 heavy (non-hydrogen) atoms. The molecule has 1 aliphatic rings. The molecule has 0 saturated carbocycles. The molecule has 166 valence electrons. The number of aromatic amines is 1. The van der Waals surface area contributed by atoms with Gasteiger partial charge in [-0.2, -0.15) is 0 Å². The highest BCUT2D eigenvalue weighted by Crippen LogP contribution is 2.45. The van der Waals surface area contributed by atoms with E-state index in [2.05, 4.69) is 4.98 Å². The number of aromatic nitrogens is 1. The van der Waals surface area contributed by atoms with E-state index in [4.69, 9.17) is 4.42 Å². The van der Waals surface area contributed by atoms with Crippen molar-refractivity contribution in [1.29, 1.82) is 0 Å². The lowest BCUT2D eigenvalue weighted by Gasteiger charge is -2.27. The summed E-state index contributed by atoms with van der Waals surface area (Å²) in [4.78, 5) is 31.9. The van der Waals surface area contributed by atoms with Crippen LogP contribution in [-0.2, 0) is 4.79 Å². The van der Waals surface area contributed by atoms with Crippen molar-refractivity contribution in [1.82, 2.24) is 4.98 Å². The number of hydrogen-bond donors (Lipinski definition) is 2. The van der Waals surface area contributed by atoms with Gasteiger partial charge in [0.1, 0.15) is 5.58 Å². The molecule has 6 heteroatoms. The molecule has 2 N–H and O–H groups in total. The van der Waals surface area contributed by atoms with E-state index in [-0.39, 0.29) is 11.3 Å². The van der Waals surface area contributed by atoms with E-state index in [1.165, 1.54) is 4.90 Å². The summed E-state index contributed by atoms with van der Waals surface area (Å²) in [5.41, 5.74) is 3.63. The summed E-state index contributed by atoms with van der Waals surface area (Å²) in [6, 6.07) is 23.2. The molecule has 6 rings (SSSR count). The average Bonchev–Trinajstić information content (AvgIpc) is 3.54. The molecule has 0 fully saturated rings. The molecular formula is C28H20N2O4. The van der Waals surface area contributed by atoms with E-state index in [0.29, 0.717) is 11.3 Å². The number of hydrogen-bond acceptors (Lipinski definition) is 4. The van der Waals surface area contributed by atoms with Crippen LogP contribution in [0.3, 0.4) is 0 Å². The first-order chi connectivity index (χ1) is 16.5. The summed E-state index contributed by atoms with van der Waals surface area (Å²) < 4.78 is 5.81. The summed E-state index contributed by atoms with van der Waals surface area (Å²) in [7, 11) is 0. The second-order valence-corrected chi connectivity index (χ2v) is 8.39. The smallest absolute Gasteiger partial charge is 0.294 e. The fourth-order valence-electron chi connectivity index (χ4n) is 4.76. The van der Waals surface area contributed by atoms with E-state index in [1.54, 1.807) is 18.3 Å². The zero-order chi connectivity index (χ0) is 23.4. The Balaban J connectivity index is 1.57. The summed E-state index contributed by atoms with van der Waals surface area (Å²) in [6.45, 7) is 1.89. The number of fused-ring (bicyclic) bond motifs is 2. The molecule has 0 radical (unpaired) electrons. The van der Waals surface area contributed by atoms with E-state index in [0.717, 1.165) is 27.4 Å². The average molecular weight is 448 g/mol. The molecule has 3 aromatic carbocycles. The number of nitrogens with zero attached hydrogens (tertiary/aromatic N) is 1. The maximum atomic E-state index is 13.8. The van der Waals surface area contributed by atoms with Gasteiger partial charge in [-0.3, -0.25) is 14.5 Å². The Morgan fingerprint density at radius 2 is 1.74 bits per heavy atom. The molecule has 5 aromatic rings. The van der Waals surface area contributed by atoms with Crippen molar-refractivity contribution in [3.05, 3.63) is 113 Å². The number of nitrogens with one attached hydrogen (secondary N) is 1. The first-order valence-corrected chi connectivity index (χ1v) is 11.0. The Labute approximate surface area is 194 Å². The summed E-state index contributed by atoms with van der Waals surface area (Å²) in [6.07, 6.45) is 1.79. The van der Waals surface area contributed by atoms with Crippen LogP contribution in [0.4, 0.5) is 5.69 Å². The van der Waals surface area contributed by atoms with Crippen molar-refractivity contribution in [2.75, 3.05) is 4.90 Å². The Bertz CT molecular complexity index is 1610. The van der Waals surface area contributed by atoms with E-state index >= 15 is 0 Å². The van der Waals surface area contributed by atoms with Crippen LogP contribution in [0.15, 0.2) is 101 Å². The summed E-state index contributed by atoms with van der Waals surface area (Å²) in [5, 5.41) is 12.7. The van der Waals surface area contributed by atoms with Gasteiger partial charge >= 0.3 is 0 Å². The number of Topliss-reactive ketones (excluding diaryl/α,β-unsaturated/α-hetero) is 1. The number of benzene rings is 3. The molecule has 0 aliphatic carbocycles. The zero-order valence-corrected chi connectivity index (χ0v) is 18.3. The molecule has 1 aliphatic heterocycles. The van der Waals surface area contributed by atoms with Gasteiger partial charge in [0.25, 0.3) is 5.91 Å². The van der Waals surface area contributed by atoms with Crippen molar-refractivity contribution in [3.8, 4) is 0 Å². The number of ketones is 1. The van der Waals surface area contributed by atoms with Gasteiger partial charge in [-0.15, -0.1) is 0 Å². The van der Waals surface area contributed by atoms with E-state index < -0.39 is 23.5 Å². The maximum absolute atomic E-state index is 13.8. The molecule has 1 amide bonds.